The molecule has 1 amide bonds. The number of halogens is 2. The van der Waals surface area contributed by atoms with E-state index < -0.39 is 11.6 Å². The van der Waals surface area contributed by atoms with E-state index in [0.717, 1.165) is 53.0 Å². The number of nitrogens with zero attached hydrogens (tertiary/aromatic N) is 1. The fourth-order valence-electron chi connectivity index (χ4n) is 4.03. The minimum absolute atomic E-state index is 0.158. The minimum atomic E-state index is -0.692. The summed E-state index contributed by atoms with van der Waals surface area (Å²) in [6.45, 7) is 1.80. The van der Waals surface area contributed by atoms with Crippen molar-refractivity contribution in [3.05, 3.63) is 54.7 Å². The number of oxime groups is 1. The lowest BCUT2D eigenvalue weighted by Gasteiger charge is -2.22. The molecule has 0 fully saturated rings. The van der Waals surface area contributed by atoms with Gasteiger partial charge in [-0.05, 0) is 61.9 Å². The molecule has 1 aromatic carbocycles. The van der Waals surface area contributed by atoms with E-state index in [1.807, 2.05) is 19.1 Å². The van der Waals surface area contributed by atoms with E-state index in [1.54, 1.807) is 6.07 Å². The first kappa shape index (κ1) is 22.1. The smallest absolute Gasteiger partial charge is 0.325 e. The topological polar surface area (TPSA) is 77.0 Å². The van der Waals surface area contributed by atoms with Crippen molar-refractivity contribution >= 4 is 52.1 Å². The number of carbonyl (C=O) groups excluding carboxylic acids is 2. The largest absolute Gasteiger partial charge is 0.468 e. The average Bonchev–Trinajstić information content (AvgIpc) is 3.33. The monoisotopic (exact) mass is 480 g/mol. The van der Waals surface area contributed by atoms with Gasteiger partial charge in [-0.15, -0.1) is 11.3 Å². The van der Waals surface area contributed by atoms with Gasteiger partial charge < -0.3 is 14.9 Å². The molecule has 1 aliphatic heterocycles. The Kier molecular flexibility index (Phi) is 6.28. The highest BCUT2D eigenvalue weighted by atomic mass is 35.5. The predicted octanol–water partition coefficient (Wildman–Crippen LogP) is 4.88. The fraction of sp³-hybridized carbons (Fsp3) is 0.409. The molecule has 1 aromatic heterocycles. The fourth-order valence-corrected chi connectivity index (χ4v) is 5.85. The molecule has 4 rings (SSSR count). The Hall–Kier alpha value is -2.09. The van der Waals surface area contributed by atoms with Crippen molar-refractivity contribution in [2.24, 2.45) is 5.16 Å². The number of esters is 1. The van der Waals surface area contributed by atoms with Crippen molar-refractivity contribution in [3.63, 3.8) is 0 Å². The number of ether oxygens (including phenoxy) is 1. The van der Waals surface area contributed by atoms with Crippen LogP contribution in [-0.4, -0.2) is 31.2 Å². The summed E-state index contributed by atoms with van der Waals surface area (Å²) in [7, 11) is 1.29. The summed E-state index contributed by atoms with van der Waals surface area (Å²) in [5.74, 6) is -0.743. The Morgan fingerprint density at radius 2 is 1.87 bits per heavy atom. The molecule has 1 atom stereocenters. The summed E-state index contributed by atoms with van der Waals surface area (Å²) in [6.07, 6.45) is 4.36. The third-order valence-electron chi connectivity index (χ3n) is 5.64. The van der Waals surface area contributed by atoms with Crippen molar-refractivity contribution in [3.8, 4) is 0 Å². The van der Waals surface area contributed by atoms with Gasteiger partial charge in [0.05, 0.1) is 16.9 Å². The third-order valence-corrected chi connectivity index (χ3v) is 7.40. The van der Waals surface area contributed by atoms with Crippen LogP contribution in [0, 0.1) is 0 Å². The summed E-state index contributed by atoms with van der Waals surface area (Å²) in [5, 5.41) is 8.13. The van der Waals surface area contributed by atoms with Gasteiger partial charge in [0.15, 0.2) is 5.60 Å². The normalized spacial score (nSPS) is 19.9. The number of fused-ring (bicyclic) bond motifs is 1. The lowest BCUT2D eigenvalue weighted by atomic mass is 9.87. The Morgan fingerprint density at radius 3 is 2.55 bits per heavy atom. The molecule has 2 aromatic rings. The van der Waals surface area contributed by atoms with Crippen molar-refractivity contribution in [1.29, 1.82) is 0 Å². The Bertz CT molecular complexity index is 1060. The van der Waals surface area contributed by atoms with Gasteiger partial charge in [-0.25, -0.2) is 0 Å². The SMILES string of the molecule is COC(=O)CNC(=O)c1sc(C2=NOC(C)(c3cc(Cl)cc(Cl)c3)C2)c2c1CCCC2. The molecule has 0 saturated heterocycles. The predicted molar refractivity (Wildman–Crippen MR) is 121 cm³/mol. The van der Waals surface area contributed by atoms with Gasteiger partial charge in [0.2, 0.25) is 0 Å². The van der Waals surface area contributed by atoms with E-state index in [9.17, 15) is 9.59 Å². The molecule has 1 unspecified atom stereocenters. The molecule has 164 valence electrons. The summed E-state index contributed by atoms with van der Waals surface area (Å²) < 4.78 is 4.61. The summed E-state index contributed by atoms with van der Waals surface area (Å²) >= 11 is 13.8. The average molecular weight is 481 g/mol. The Balaban J connectivity index is 1.62. The number of thiophene rings is 1. The maximum Gasteiger partial charge on any atom is 0.325 e. The number of hydrogen-bond acceptors (Lipinski definition) is 6. The number of methoxy groups -OCH3 is 1. The summed E-state index contributed by atoms with van der Waals surface area (Å²) in [5.41, 5.74) is 3.19. The first-order chi connectivity index (χ1) is 14.8. The lowest BCUT2D eigenvalue weighted by Crippen LogP contribution is -2.30. The van der Waals surface area contributed by atoms with Crippen LogP contribution < -0.4 is 5.32 Å². The molecule has 0 spiro atoms. The summed E-state index contributed by atoms with van der Waals surface area (Å²) in [6, 6.07) is 5.35. The van der Waals surface area contributed by atoms with Crippen LogP contribution in [0.5, 0.6) is 0 Å². The van der Waals surface area contributed by atoms with Crippen LogP contribution in [0.15, 0.2) is 23.4 Å². The van der Waals surface area contributed by atoms with Crippen LogP contribution in [0.25, 0.3) is 0 Å². The molecule has 9 heteroatoms. The van der Waals surface area contributed by atoms with Crippen molar-refractivity contribution < 1.29 is 19.2 Å². The molecule has 0 saturated carbocycles. The molecule has 6 nitrogen and oxygen atoms in total. The molecule has 1 aliphatic carbocycles. The quantitative estimate of drug-likeness (QED) is 0.618. The summed E-state index contributed by atoms with van der Waals surface area (Å²) in [4.78, 5) is 31.7. The lowest BCUT2D eigenvalue weighted by molar-refractivity contribution is -0.139. The number of carbonyl (C=O) groups is 2. The highest BCUT2D eigenvalue weighted by Crippen LogP contribution is 2.42. The van der Waals surface area contributed by atoms with Crippen molar-refractivity contribution in [2.75, 3.05) is 13.7 Å². The minimum Gasteiger partial charge on any atom is -0.468 e. The van der Waals surface area contributed by atoms with Gasteiger partial charge >= 0.3 is 5.97 Å². The second kappa shape index (κ2) is 8.81. The number of hydrogen-bond donors (Lipinski definition) is 1. The van der Waals surface area contributed by atoms with E-state index in [2.05, 4.69) is 15.2 Å². The zero-order valence-corrected chi connectivity index (χ0v) is 19.5. The van der Waals surface area contributed by atoms with Crippen LogP contribution in [0.1, 0.15) is 57.4 Å². The molecule has 0 radical (unpaired) electrons. The molecule has 2 heterocycles. The second-order valence-corrected chi connectivity index (χ2v) is 9.77. The van der Waals surface area contributed by atoms with Crippen LogP contribution in [0.4, 0.5) is 0 Å². The van der Waals surface area contributed by atoms with Gasteiger partial charge in [-0.1, -0.05) is 28.4 Å². The number of nitrogens with one attached hydrogen (secondary N) is 1. The van der Waals surface area contributed by atoms with Gasteiger partial charge in [0.1, 0.15) is 12.3 Å². The maximum atomic E-state index is 12.8. The Morgan fingerprint density at radius 1 is 1.19 bits per heavy atom. The van der Waals surface area contributed by atoms with E-state index in [0.29, 0.717) is 21.3 Å². The standard InChI is InChI=1S/C22H22Cl2N2O4S/c1-22(12-7-13(23)9-14(24)8-12)10-17(26-30-22)19-15-5-3-4-6-16(15)20(31-19)21(28)25-11-18(27)29-2/h7-9H,3-6,10-11H2,1-2H3,(H,25,28). The number of benzene rings is 1. The highest BCUT2D eigenvalue weighted by Gasteiger charge is 2.39. The molecule has 2 aliphatic rings. The van der Waals surface area contributed by atoms with Gasteiger partial charge in [0.25, 0.3) is 5.91 Å². The highest BCUT2D eigenvalue weighted by molar-refractivity contribution is 7.16. The first-order valence-corrected chi connectivity index (χ1v) is 11.6. The molecular formula is C22H22Cl2N2O4S. The van der Waals surface area contributed by atoms with Crippen LogP contribution >= 0.6 is 34.5 Å². The van der Waals surface area contributed by atoms with Crippen LogP contribution in [-0.2, 0) is 32.8 Å². The van der Waals surface area contributed by atoms with Crippen LogP contribution in [0.3, 0.4) is 0 Å². The van der Waals surface area contributed by atoms with Crippen LogP contribution in [0.2, 0.25) is 10.0 Å². The molecular weight excluding hydrogens is 459 g/mol. The van der Waals surface area contributed by atoms with E-state index in [4.69, 9.17) is 28.0 Å². The number of amides is 1. The van der Waals surface area contributed by atoms with Gasteiger partial charge in [0, 0.05) is 22.0 Å². The van der Waals surface area contributed by atoms with Crippen molar-refractivity contribution in [2.45, 2.75) is 44.6 Å². The van der Waals surface area contributed by atoms with Gasteiger partial charge in [-0.3, -0.25) is 9.59 Å². The zero-order valence-electron chi connectivity index (χ0n) is 17.2. The second-order valence-electron chi connectivity index (χ2n) is 7.88. The molecule has 0 bridgehead atoms. The van der Waals surface area contributed by atoms with Gasteiger partial charge in [-0.2, -0.15) is 0 Å². The maximum absolute atomic E-state index is 12.8. The zero-order chi connectivity index (χ0) is 22.2. The van der Waals surface area contributed by atoms with E-state index >= 15 is 0 Å². The first-order valence-electron chi connectivity index (χ1n) is 10.0. The van der Waals surface area contributed by atoms with E-state index in [1.165, 1.54) is 18.4 Å². The third kappa shape index (κ3) is 4.45. The number of rotatable bonds is 5. The van der Waals surface area contributed by atoms with Crippen molar-refractivity contribution in [1.82, 2.24) is 5.32 Å². The molecule has 1 N–H and O–H groups in total. The van der Waals surface area contributed by atoms with E-state index in [-0.39, 0.29) is 12.5 Å². The Labute approximate surface area is 194 Å². The molecule has 31 heavy (non-hydrogen) atoms.